The minimum atomic E-state index is -4.97. The van der Waals surface area contributed by atoms with Crippen LogP contribution in [0.15, 0.2) is 24.3 Å². The molecule has 0 fully saturated rings. The number of para-hydroxylation sites is 1. The normalized spacial score (nSPS) is 13.7. The Balaban J connectivity index is 3.10. The van der Waals surface area contributed by atoms with Crippen LogP contribution in [0.5, 0.6) is 5.75 Å². The average molecular weight is 262 g/mol. The van der Waals surface area contributed by atoms with Crippen LogP contribution in [0, 0.1) is 0 Å². The Labute approximate surface area is 84.0 Å². The molecule has 0 spiro atoms. The van der Waals surface area contributed by atoms with Crippen LogP contribution in [-0.4, -0.2) is 33.8 Å². The van der Waals surface area contributed by atoms with Crippen molar-refractivity contribution in [2.45, 2.75) is 13.2 Å². The SMILES string of the molecule is CC(O)Oc1ccccc1[As](=O)(O)O. The molecule has 0 aliphatic carbocycles. The summed E-state index contributed by atoms with van der Waals surface area (Å²) in [4.78, 5) is 0. The molecule has 3 N–H and O–H groups in total. The number of aliphatic hydroxyl groups excluding tert-OH is 1. The van der Waals surface area contributed by atoms with Gasteiger partial charge in [0.15, 0.2) is 0 Å². The second-order valence-corrected chi connectivity index (χ2v) is 6.02. The zero-order valence-electron chi connectivity index (χ0n) is 7.49. The molecule has 0 radical (unpaired) electrons. The zero-order valence-corrected chi connectivity index (χ0v) is 9.37. The first-order valence-electron chi connectivity index (χ1n) is 3.91. The van der Waals surface area contributed by atoms with E-state index in [1.807, 2.05) is 0 Å². The molecule has 0 aliphatic rings. The summed E-state index contributed by atoms with van der Waals surface area (Å²) in [5, 5.41) is 8.93. The summed E-state index contributed by atoms with van der Waals surface area (Å²) in [6.07, 6.45) is -1.10. The molecule has 1 unspecified atom stereocenters. The fourth-order valence-corrected chi connectivity index (χ4v) is 2.44. The van der Waals surface area contributed by atoms with Gasteiger partial charge in [-0.1, -0.05) is 0 Å². The van der Waals surface area contributed by atoms with Gasteiger partial charge in [0.2, 0.25) is 0 Å². The Bertz CT molecular complexity index is 357. The number of aliphatic hydroxyl groups is 1. The van der Waals surface area contributed by atoms with Gasteiger partial charge in [-0.25, -0.2) is 0 Å². The minimum absolute atomic E-state index is 0.0231. The molecule has 0 saturated carbocycles. The van der Waals surface area contributed by atoms with E-state index in [1.54, 1.807) is 6.07 Å². The van der Waals surface area contributed by atoms with Crippen molar-refractivity contribution in [3.05, 3.63) is 24.3 Å². The molecule has 1 atom stereocenters. The van der Waals surface area contributed by atoms with Crippen molar-refractivity contribution in [3.8, 4) is 5.75 Å². The monoisotopic (exact) mass is 262 g/mol. The molecule has 5 nitrogen and oxygen atoms in total. The third-order valence-electron chi connectivity index (χ3n) is 1.48. The van der Waals surface area contributed by atoms with Crippen LogP contribution in [0.3, 0.4) is 0 Å². The molecular weight excluding hydrogens is 251 g/mol. The molecule has 1 rings (SSSR count). The molecule has 0 amide bonds. The van der Waals surface area contributed by atoms with E-state index in [2.05, 4.69) is 0 Å². The summed E-state index contributed by atoms with van der Waals surface area (Å²) in [6.45, 7) is 1.36. The molecule has 1 aromatic carbocycles. The van der Waals surface area contributed by atoms with Gasteiger partial charge in [0, 0.05) is 0 Å². The third-order valence-corrected chi connectivity index (χ3v) is 3.57. The van der Waals surface area contributed by atoms with Gasteiger partial charge in [0.25, 0.3) is 0 Å². The molecule has 0 aromatic heterocycles. The first-order valence-corrected chi connectivity index (χ1v) is 7.29. The Morgan fingerprint density at radius 2 is 1.93 bits per heavy atom. The topological polar surface area (TPSA) is 87.0 Å². The first kappa shape index (κ1) is 11.3. The van der Waals surface area contributed by atoms with Gasteiger partial charge in [-0.3, -0.25) is 0 Å². The Morgan fingerprint density at radius 3 is 2.43 bits per heavy atom. The molecule has 0 bridgehead atoms. The van der Waals surface area contributed by atoms with E-state index in [0.29, 0.717) is 0 Å². The maximum atomic E-state index is 11.0. The van der Waals surface area contributed by atoms with Crippen molar-refractivity contribution in [2.75, 3.05) is 0 Å². The second-order valence-electron chi connectivity index (χ2n) is 2.73. The standard InChI is InChI=1S/C8H11AsO5/c1-6(10)14-8-5-3-2-4-7(8)9(11,12)13/h2-6,10H,1H3,(H2,11,12,13). The van der Waals surface area contributed by atoms with Gasteiger partial charge in [0.05, 0.1) is 0 Å². The summed E-state index contributed by atoms with van der Waals surface area (Å²) in [5.74, 6) is 0.0231. The quantitative estimate of drug-likeness (QED) is 0.478. The predicted molar refractivity (Wildman–Crippen MR) is 49.3 cm³/mol. The van der Waals surface area contributed by atoms with Crippen LogP contribution in [0.1, 0.15) is 6.92 Å². The van der Waals surface area contributed by atoms with Crippen molar-refractivity contribution in [3.63, 3.8) is 0 Å². The summed E-state index contributed by atoms with van der Waals surface area (Å²) in [5.41, 5.74) is 0. The molecule has 14 heavy (non-hydrogen) atoms. The second kappa shape index (κ2) is 4.19. The van der Waals surface area contributed by atoms with E-state index in [4.69, 9.17) is 18.0 Å². The molecule has 0 aliphatic heterocycles. The average Bonchev–Trinajstić information content (AvgIpc) is 2.01. The van der Waals surface area contributed by atoms with Gasteiger partial charge in [-0.15, -0.1) is 0 Å². The van der Waals surface area contributed by atoms with Crippen LogP contribution in [-0.2, 0) is 3.74 Å². The van der Waals surface area contributed by atoms with Crippen molar-refractivity contribution < 1.29 is 21.8 Å². The van der Waals surface area contributed by atoms with E-state index in [0.717, 1.165) is 0 Å². The van der Waals surface area contributed by atoms with E-state index in [-0.39, 0.29) is 10.1 Å². The van der Waals surface area contributed by atoms with Crippen LogP contribution in [0.4, 0.5) is 0 Å². The zero-order chi connectivity index (χ0) is 10.8. The van der Waals surface area contributed by atoms with Crippen LogP contribution in [0.2, 0.25) is 0 Å². The number of hydrogen-bond donors (Lipinski definition) is 3. The first-order chi connectivity index (χ1) is 6.41. The van der Waals surface area contributed by atoms with Gasteiger partial charge < -0.3 is 0 Å². The number of rotatable bonds is 3. The number of benzene rings is 1. The van der Waals surface area contributed by atoms with E-state index in [9.17, 15) is 3.74 Å². The molecule has 6 heteroatoms. The van der Waals surface area contributed by atoms with E-state index >= 15 is 0 Å². The number of hydrogen-bond acceptors (Lipinski definition) is 3. The van der Waals surface area contributed by atoms with Crippen LogP contribution >= 0.6 is 0 Å². The van der Waals surface area contributed by atoms with Gasteiger partial charge >= 0.3 is 83.5 Å². The molecule has 0 saturated heterocycles. The molecule has 0 heterocycles. The number of ether oxygens (including phenoxy) is 1. The van der Waals surface area contributed by atoms with Crippen LogP contribution in [0.25, 0.3) is 0 Å². The Morgan fingerprint density at radius 1 is 1.36 bits per heavy atom. The summed E-state index contributed by atoms with van der Waals surface area (Å²) in [6, 6.07) is 5.78. The summed E-state index contributed by atoms with van der Waals surface area (Å²) < 4.78 is 33.7. The van der Waals surface area contributed by atoms with Crippen molar-refractivity contribution >= 4 is 18.5 Å². The van der Waals surface area contributed by atoms with Crippen molar-refractivity contribution in [2.24, 2.45) is 0 Å². The Kier molecular flexibility index (Phi) is 3.39. The molecule has 1 aromatic rings. The van der Waals surface area contributed by atoms with Gasteiger partial charge in [-0.05, 0) is 0 Å². The van der Waals surface area contributed by atoms with Crippen molar-refractivity contribution in [1.82, 2.24) is 0 Å². The Hall–Kier alpha value is -0.742. The summed E-state index contributed by atoms with van der Waals surface area (Å²) in [7, 11) is 0. The summed E-state index contributed by atoms with van der Waals surface area (Å²) >= 11 is -4.97. The van der Waals surface area contributed by atoms with Gasteiger partial charge in [0.1, 0.15) is 0 Å². The third kappa shape index (κ3) is 2.89. The maximum absolute atomic E-state index is 11.0. The molecular formula is C8H11AsO5. The van der Waals surface area contributed by atoms with E-state index < -0.39 is 20.5 Å². The van der Waals surface area contributed by atoms with Crippen molar-refractivity contribution in [1.29, 1.82) is 0 Å². The van der Waals surface area contributed by atoms with E-state index in [1.165, 1.54) is 25.1 Å². The fraction of sp³-hybridized carbons (Fsp3) is 0.250. The van der Waals surface area contributed by atoms with Gasteiger partial charge in [-0.2, -0.15) is 0 Å². The molecule has 78 valence electrons. The fourth-order valence-electron chi connectivity index (χ4n) is 0.981. The predicted octanol–water partition coefficient (Wildman–Crippen LogP) is -1.04. The van der Waals surface area contributed by atoms with Crippen LogP contribution < -0.4 is 9.09 Å².